The van der Waals surface area contributed by atoms with Crippen LogP contribution >= 0.6 is 0 Å². The van der Waals surface area contributed by atoms with Gasteiger partial charge in [-0.2, -0.15) is 0 Å². The molecule has 0 radical (unpaired) electrons. The van der Waals surface area contributed by atoms with E-state index in [1.807, 2.05) is 4.90 Å². The van der Waals surface area contributed by atoms with Crippen molar-refractivity contribution in [2.45, 2.75) is 43.9 Å². The second kappa shape index (κ2) is 5.86. The number of rotatable bonds is 3. The molecule has 1 saturated carbocycles. The summed E-state index contributed by atoms with van der Waals surface area (Å²) in [7, 11) is 0. The molecule has 0 aromatic heterocycles. The highest BCUT2D eigenvalue weighted by atomic mass is 16.2. The van der Waals surface area contributed by atoms with E-state index in [-0.39, 0.29) is 11.4 Å². The lowest BCUT2D eigenvalue weighted by atomic mass is 9.96. The summed E-state index contributed by atoms with van der Waals surface area (Å²) in [5, 5.41) is 3.17. The van der Waals surface area contributed by atoms with Crippen molar-refractivity contribution in [3.8, 4) is 0 Å². The van der Waals surface area contributed by atoms with E-state index in [1.54, 1.807) is 0 Å². The Bertz CT molecular complexity index is 445. The fraction of sp³-hybridized carbons (Fsp3) is 0.588. The largest absolute Gasteiger partial charge is 0.337 e. The Morgan fingerprint density at radius 1 is 1.05 bits per heavy atom. The van der Waals surface area contributed by atoms with Crippen LogP contribution in [-0.2, 0) is 5.41 Å². The minimum Gasteiger partial charge on any atom is -0.337 e. The molecular formula is C17H24N2O. The highest BCUT2D eigenvalue weighted by molar-refractivity contribution is 5.74. The topological polar surface area (TPSA) is 32.3 Å². The lowest BCUT2D eigenvalue weighted by Crippen LogP contribution is -2.43. The third kappa shape index (κ3) is 2.97. The normalized spacial score (nSPS) is 21.1. The van der Waals surface area contributed by atoms with Crippen molar-refractivity contribution < 1.29 is 4.79 Å². The molecule has 3 nitrogen and oxygen atoms in total. The zero-order valence-electron chi connectivity index (χ0n) is 12.1. The minimum absolute atomic E-state index is 0.133. The van der Waals surface area contributed by atoms with E-state index >= 15 is 0 Å². The summed E-state index contributed by atoms with van der Waals surface area (Å²) in [6.45, 7) is 2.63. The van der Waals surface area contributed by atoms with Gasteiger partial charge in [-0.25, -0.2) is 4.79 Å². The molecule has 20 heavy (non-hydrogen) atoms. The number of carbonyl (C=O) groups is 1. The molecule has 3 heteroatoms. The number of hydrogen-bond acceptors (Lipinski definition) is 1. The number of urea groups is 1. The van der Waals surface area contributed by atoms with Gasteiger partial charge in [-0.15, -0.1) is 0 Å². The standard InChI is InChI=1S/C17H24N2O/c20-16(19-12-6-1-2-7-13-19)18-14-17(10-11-17)15-8-4-3-5-9-15/h3-5,8-9H,1-2,6-7,10-14H2,(H,18,20). The van der Waals surface area contributed by atoms with Gasteiger partial charge in [-0.3, -0.25) is 0 Å². The summed E-state index contributed by atoms with van der Waals surface area (Å²) < 4.78 is 0. The summed E-state index contributed by atoms with van der Waals surface area (Å²) >= 11 is 0. The molecule has 0 bridgehead atoms. The second-order valence-electron chi connectivity index (χ2n) is 6.21. The van der Waals surface area contributed by atoms with Crippen LogP contribution in [0.3, 0.4) is 0 Å². The number of nitrogens with zero attached hydrogens (tertiary/aromatic N) is 1. The number of carbonyl (C=O) groups excluding carboxylic acids is 1. The van der Waals surface area contributed by atoms with Gasteiger partial charge in [0.25, 0.3) is 0 Å². The van der Waals surface area contributed by atoms with Gasteiger partial charge in [0, 0.05) is 25.0 Å². The first-order valence-corrected chi connectivity index (χ1v) is 7.89. The number of nitrogens with one attached hydrogen (secondary N) is 1. The fourth-order valence-corrected chi connectivity index (χ4v) is 3.14. The van der Waals surface area contributed by atoms with Gasteiger partial charge in [0.15, 0.2) is 0 Å². The Morgan fingerprint density at radius 2 is 1.70 bits per heavy atom. The molecule has 0 unspecified atom stereocenters. The predicted molar refractivity (Wildman–Crippen MR) is 80.8 cm³/mol. The average Bonchev–Trinajstić information content (AvgIpc) is 3.30. The van der Waals surface area contributed by atoms with Crippen LogP contribution in [0.1, 0.15) is 44.1 Å². The van der Waals surface area contributed by atoms with E-state index in [0.29, 0.717) is 0 Å². The molecule has 108 valence electrons. The maximum Gasteiger partial charge on any atom is 0.317 e. The Balaban J connectivity index is 1.55. The van der Waals surface area contributed by atoms with Gasteiger partial charge in [-0.05, 0) is 31.2 Å². The zero-order valence-corrected chi connectivity index (χ0v) is 12.1. The highest BCUT2D eigenvalue weighted by Gasteiger charge is 2.44. The third-order valence-corrected chi connectivity index (χ3v) is 4.71. The van der Waals surface area contributed by atoms with Gasteiger partial charge in [0.2, 0.25) is 0 Å². The smallest absolute Gasteiger partial charge is 0.317 e. The zero-order chi connectivity index (χ0) is 13.8. The molecule has 2 aliphatic rings. The third-order valence-electron chi connectivity index (χ3n) is 4.71. The first kappa shape index (κ1) is 13.5. The van der Waals surface area contributed by atoms with Crippen LogP contribution < -0.4 is 5.32 Å². The summed E-state index contributed by atoms with van der Waals surface area (Å²) in [4.78, 5) is 14.3. The molecule has 0 spiro atoms. The predicted octanol–water partition coefficient (Wildman–Crippen LogP) is 3.30. The van der Waals surface area contributed by atoms with E-state index in [2.05, 4.69) is 35.6 Å². The Labute approximate surface area is 121 Å². The first-order chi connectivity index (χ1) is 9.80. The van der Waals surface area contributed by atoms with Crippen LogP contribution in [-0.4, -0.2) is 30.6 Å². The van der Waals surface area contributed by atoms with E-state index in [9.17, 15) is 4.79 Å². The summed E-state index contributed by atoms with van der Waals surface area (Å²) in [6, 6.07) is 10.7. The molecule has 2 fully saturated rings. The van der Waals surface area contributed by atoms with Gasteiger partial charge in [0.05, 0.1) is 0 Å². The summed E-state index contributed by atoms with van der Waals surface area (Å²) in [5.74, 6) is 0. The molecular weight excluding hydrogens is 248 g/mol. The van der Waals surface area contributed by atoms with Crippen LogP contribution in [0, 0.1) is 0 Å². The lowest BCUT2D eigenvalue weighted by molar-refractivity contribution is 0.199. The van der Waals surface area contributed by atoms with Crippen molar-refractivity contribution in [1.82, 2.24) is 10.2 Å². The van der Waals surface area contributed by atoms with Crippen molar-refractivity contribution >= 4 is 6.03 Å². The van der Waals surface area contributed by atoms with Gasteiger partial charge < -0.3 is 10.2 Å². The quantitative estimate of drug-likeness (QED) is 0.899. The van der Waals surface area contributed by atoms with Crippen molar-refractivity contribution in [2.24, 2.45) is 0 Å². The van der Waals surface area contributed by atoms with Crippen LogP contribution in [0.25, 0.3) is 0 Å². The SMILES string of the molecule is O=C(NCC1(c2ccccc2)CC1)N1CCCCCC1. The lowest BCUT2D eigenvalue weighted by Gasteiger charge is -2.23. The number of hydrogen-bond donors (Lipinski definition) is 1. The van der Waals surface area contributed by atoms with Crippen LogP contribution in [0.4, 0.5) is 4.79 Å². The second-order valence-corrected chi connectivity index (χ2v) is 6.21. The van der Waals surface area contributed by atoms with Crippen LogP contribution in [0.15, 0.2) is 30.3 Å². The molecule has 1 aromatic rings. The molecule has 0 atom stereocenters. The maximum absolute atomic E-state index is 12.3. The maximum atomic E-state index is 12.3. The van der Waals surface area contributed by atoms with Crippen molar-refractivity contribution in [1.29, 1.82) is 0 Å². The molecule has 3 rings (SSSR count). The van der Waals surface area contributed by atoms with Crippen molar-refractivity contribution in [2.75, 3.05) is 19.6 Å². The molecule has 1 saturated heterocycles. The molecule has 1 N–H and O–H groups in total. The Hall–Kier alpha value is -1.51. The summed E-state index contributed by atoms with van der Waals surface area (Å²) in [5.41, 5.74) is 1.58. The first-order valence-electron chi connectivity index (χ1n) is 7.89. The number of benzene rings is 1. The molecule has 2 amide bonds. The molecule has 1 aliphatic carbocycles. The van der Waals surface area contributed by atoms with Crippen molar-refractivity contribution in [3.05, 3.63) is 35.9 Å². The molecule has 1 aromatic carbocycles. The Morgan fingerprint density at radius 3 is 2.30 bits per heavy atom. The van der Waals surface area contributed by atoms with Crippen LogP contribution in [0.2, 0.25) is 0 Å². The van der Waals surface area contributed by atoms with Gasteiger partial charge in [-0.1, -0.05) is 43.2 Å². The van der Waals surface area contributed by atoms with E-state index in [1.165, 1.54) is 31.2 Å². The number of amides is 2. The minimum atomic E-state index is 0.133. The van der Waals surface area contributed by atoms with E-state index < -0.39 is 0 Å². The molecule has 1 heterocycles. The molecule has 1 aliphatic heterocycles. The number of likely N-dealkylation sites (tertiary alicyclic amines) is 1. The average molecular weight is 272 g/mol. The van der Waals surface area contributed by atoms with E-state index in [0.717, 1.165) is 32.5 Å². The van der Waals surface area contributed by atoms with Crippen molar-refractivity contribution in [3.63, 3.8) is 0 Å². The Kier molecular flexibility index (Phi) is 3.95. The van der Waals surface area contributed by atoms with Gasteiger partial charge >= 0.3 is 6.03 Å². The highest BCUT2D eigenvalue weighted by Crippen LogP contribution is 2.47. The fourth-order valence-electron chi connectivity index (χ4n) is 3.14. The van der Waals surface area contributed by atoms with Gasteiger partial charge in [0.1, 0.15) is 0 Å². The summed E-state index contributed by atoms with van der Waals surface area (Å²) in [6.07, 6.45) is 7.21. The monoisotopic (exact) mass is 272 g/mol. The van der Waals surface area contributed by atoms with Crippen LogP contribution in [0.5, 0.6) is 0 Å². The van der Waals surface area contributed by atoms with E-state index in [4.69, 9.17) is 0 Å².